The summed E-state index contributed by atoms with van der Waals surface area (Å²) in [6.45, 7) is 4.02. The molecule has 3 rings (SSSR count). The molecule has 1 saturated heterocycles. The van der Waals surface area contributed by atoms with Gasteiger partial charge in [-0.15, -0.1) is 0 Å². The number of hydrogen-bond acceptors (Lipinski definition) is 3. The van der Waals surface area contributed by atoms with Gasteiger partial charge in [0.15, 0.2) is 0 Å². The van der Waals surface area contributed by atoms with Crippen molar-refractivity contribution < 1.29 is 19.5 Å². The number of imide groups is 1. The van der Waals surface area contributed by atoms with Crippen LogP contribution in [-0.2, 0) is 4.79 Å². The molecule has 2 aromatic rings. The number of nitrogens with zero attached hydrogens (tertiary/aromatic N) is 2. The molecule has 6 heteroatoms. The number of aromatic carboxylic acids is 1. The van der Waals surface area contributed by atoms with Crippen LogP contribution in [0.1, 0.15) is 35.7 Å². The quantitative estimate of drug-likeness (QED) is 0.866. The third kappa shape index (κ3) is 3.10. The molecular formula is C19H18N2O4. The highest BCUT2D eigenvalue weighted by Crippen LogP contribution is 2.27. The maximum absolute atomic E-state index is 12.7. The minimum absolute atomic E-state index is 0.0671. The maximum Gasteiger partial charge on any atom is 0.336 e. The zero-order valence-corrected chi connectivity index (χ0v) is 14.0. The Bertz CT molecular complexity index is 843. The molecule has 0 saturated carbocycles. The third-order valence-electron chi connectivity index (χ3n) is 4.19. The fourth-order valence-corrected chi connectivity index (χ4v) is 2.77. The first-order chi connectivity index (χ1) is 11.9. The highest BCUT2D eigenvalue weighted by molar-refractivity contribution is 6.27. The molecule has 0 unspecified atom stereocenters. The first-order valence-corrected chi connectivity index (χ1v) is 7.96. The molecule has 6 nitrogen and oxygen atoms in total. The molecule has 0 atom stereocenters. The summed E-state index contributed by atoms with van der Waals surface area (Å²) in [5.41, 5.74) is 2.09. The van der Waals surface area contributed by atoms with Crippen LogP contribution in [-0.4, -0.2) is 29.6 Å². The summed E-state index contributed by atoms with van der Waals surface area (Å²) in [5, 5.41) is 9.09. The lowest BCUT2D eigenvalue weighted by atomic mass is 10.0. The Kier molecular flexibility index (Phi) is 4.27. The number of benzene rings is 2. The van der Waals surface area contributed by atoms with Gasteiger partial charge in [0.25, 0.3) is 5.91 Å². The van der Waals surface area contributed by atoms with Crippen LogP contribution in [0.15, 0.2) is 48.5 Å². The summed E-state index contributed by atoms with van der Waals surface area (Å²) in [4.78, 5) is 38.6. The molecule has 0 radical (unpaired) electrons. The third-order valence-corrected chi connectivity index (χ3v) is 4.19. The monoisotopic (exact) mass is 338 g/mol. The number of amides is 3. The summed E-state index contributed by atoms with van der Waals surface area (Å²) >= 11 is 0. The Morgan fingerprint density at radius 1 is 1.04 bits per heavy atom. The van der Waals surface area contributed by atoms with Crippen molar-refractivity contribution in [1.29, 1.82) is 0 Å². The molecule has 128 valence electrons. The molecule has 0 aliphatic carbocycles. The SMILES string of the molecule is CC(C)c1ccc(N2C(=O)CN(c3cccc(C(=O)O)c3)C2=O)cc1. The van der Waals surface area contributed by atoms with Crippen LogP contribution in [0, 0.1) is 0 Å². The zero-order valence-electron chi connectivity index (χ0n) is 14.0. The number of hydrogen-bond donors (Lipinski definition) is 1. The first-order valence-electron chi connectivity index (χ1n) is 7.96. The Morgan fingerprint density at radius 2 is 1.72 bits per heavy atom. The number of anilines is 2. The van der Waals surface area contributed by atoms with Gasteiger partial charge in [0.1, 0.15) is 6.54 Å². The molecule has 0 bridgehead atoms. The van der Waals surface area contributed by atoms with Gasteiger partial charge in [-0.25, -0.2) is 14.5 Å². The molecule has 2 aromatic carbocycles. The second-order valence-electron chi connectivity index (χ2n) is 6.20. The van der Waals surface area contributed by atoms with Gasteiger partial charge in [0.05, 0.1) is 11.3 Å². The fraction of sp³-hybridized carbons (Fsp3) is 0.211. The number of carbonyl (C=O) groups is 3. The van der Waals surface area contributed by atoms with Gasteiger partial charge >= 0.3 is 12.0 Å². The van der Waals surface area contributed by atoms with Crippen molar-refractivity contribution in [3.8, 4) is 0 Å². The van der Waals surface area contributed by atoms with Crippen molar-refractivity contribution in [1.82, 2.24) is 0 Å². The topological polar surface area (TPSA) is 77.9 Å². The zero-order chi connectivity index (χ0) is 18.1. The maximum atomic E-state index is 12.7. The van der Waals surface area contributed by atoms with E-state index in [2.05, 4.69) is 13.8 Å². The lowest BCUT2D eigenvalue weighted by Crippen LogP contribution is -2.33. The van der Waals surface area contributed by atoms with E-state index in [4.69, 9.17) is 5.11 Å². The van der Waals surface area contributed by atoms with Crippen LogP contribution in [0.3, 0.4) is 0 Å². The van der Waals surface area contributed by atoms with Crippen LogP contribution in [0.5, 0.6) is 0 Å². The predicted octanol–water partition coefficient (Wildman–Crippen LogP) is 3.48. The van der Waals surface area contributed by atoms with E-state index < -0.39 is 12.0 Å². The Morgan fingerprint density at radius 3 is 2.32 bits per heavy atom. The van der Waals surface area contributed by atoms with Gasteiger partial charge < -0.3 is 5.11 Å². The lowest BCUT2D eigenvalue weighted by Gasteiger charge is -2.18. The van der Waals surface area contributed by atoms with Crippen molar-refractivity contribution in [2.75, 3.05) is 16.3 Å². The highest BCUT2D eigenvalue weighted by Gasteiger charge is 2.38. The molecule has 1 fully saturated rings. The van der Waals surface area contributed by atoms with Gasteiger partial charge in [0.2, 0.25) is 0 Å². The number of carboxylic acids is 1. The Balaban J connectivity index is 1.90. The van der Waals surface area contributed by atoms with E-state index in [1.165, 1.54) is 17.0 Å². The van der Waals surface area contributed by atoms with Crippen molar-refractivity contribution >= 4 is 29.3 Å². The summed E-state index contributed by atoms with van der Waals surface area (Å²) in [6, 6.07) is 12.8. The molecule has 0 spiro atoms. The average Bonchev–Trinajstić information content (AvgIpc) is 2.89. The summed E-state index contributed by atoms with van der Waals surface area (Å²) in [7, 11) is 0. The molecule has 25 heavy (non-hydrogen) atoms. The number of rotatable bonds is 4. The number of carboxylic acid groups (broad SMARTS) is 1. The first kappa shape index (κ1) is 16.7. The van der Waals surface area contributed by atoms with Gasteiger partial charge in [-0.2, -0.15) is 0 Å². The minimum Gasteiger partial charge on any atom is -0.478 e. The van der Waals surface area contributed by atoms with Crippen molar-refractivity contribution in [2.24, 2.45) is 0 Å². The number of carbonyl (C=O) groups excluding carboxylic acids is 2. The van der Waals surface area contributed by atoms with Crippen molar-refractivity contribution in [3.05, 3.63) is 59.7 Å². The molecule has 1 heterocycles. The molecule has 3 amide bonds. The van der Waals surface area contributed by atoms with Gasteiger partial charge in [-0.05, 0) is 41.8 Å². The van der Waals surface area contributed by atoms with Gasteiger partial charge in [0, 0.05) is 5.69 Å². The fourth-order valence-electron chi connectivity index (χ4n) is 2.77. The van der Waals surface area contributed by atoms with E-state index >= 15 is 0 Å². The van der Waals surface area contributed by atoms with E-state index in [-0.39, 0.29) is 18.0 Å². The lowest BCUT2D eigenvalue weighted by molar-refractivity contribution is -0.115. The minimum atomic E-state index is -1.08. The van der Waals surface area contributed by atoms with E-state index in [9.17, 15) is 14.4 Å². The van der Waals surface area contributed by atoms with Crippen LogP contribution in [0.25, 0.3) is 0 Å². The summed E-state index contributed by atoms with van der Waals surface area (Å²) in [5.74, 6) is -1.07. The van der Waals surface area contributed by atoms with Crippen LogP contribution in [0.2, 0.25) is 0 Å². The Hall–Kier alpha value is -3.15. The van der Waals surface area contributed by atoms with Gasteiger partial charge in [-0.3, -0.25) is 9.69 Å². The van der Waals surface area contributed by atoms with E-state index in [1.54, 1.807) is 24.3 Å². The average molecular weight is 338 g/mol. The smallest absolute Gasteiger partial charge is 0.336 e. The van der Waals surface area contributed by atoms with Crippen molar-refractivity contribution in [2.45, 2.75) is 19.8 Å². The van der Waals surface area contributed by atoms with E-state index in [1.807, 2.05) is 12.1 Å². The van der Waals surface area contributed by atoms with E-state index in [0.717, 1.165) is 10.5 Å². The summed E-state index contributed by atoms with van der Waals surface area (Å²) < 4.78 is 0. The molecule has 0 aromatic heterocycles. The largest absolute Gasteiger partial charge is 0.478 e. The van der Waals surface area contributed by atoms with Crippen LogP contribution in [0.4, 0.5) is 16.2 Å². The predicted molar refractivity (Wildman–Crippen MR) is 94.2 cm³/mol. The Labute approximate surface area is 145 Å². The molecule has 1 aliphatic rings. The molecule has 1 N–H and O–H groups in total. The van der Waals surface area contributed by atoms with Crippen LogP contribution >= 0.6 is 0 Å². The van der Waals surface area contributed by atoms with Crippen molar-refractivity contribution in [3.63, 3.8) is 0 Å². The standard InChI is InChI=1S/C19H18N2O4/c1-12(2)13-6-8-15(9-7-13)21-17(22)11-20(19(21)25)16-5-3-4-14(10-16)18(23)24/h3-10,12H,11H2,1-2H3,(H,23,24). The van der Waals surface area contributed by atoms with Crippen LogP contribution < -0.4 is 9.80 Å². The normalized spacial score (nSPS) is 14.5. The molecule has 1 aliphatic heterocycles. The van der Waals surface area contributed by atoms with Gasteiger partial charge in [-0.1, -0.05) is 32.0 Å². The second-order valence-corrected chi connectivity index (χ2v) is 6.20. The number of urea groups is 1. The van der Waals surface area contributed by atoms with E-state index in [0.29, 0.717) is 17.3 Å². The highest BCUT2D eigenvalue weighted by atomic mass is 16.4. The second kappa shape index (κ2) is 6.39. The summed E-state index contributed by atoms with van der Waals surface area (Å²) in [6.07, 6.45) is 0. The molecular weight excluding hydrogens is 320 g/mol.